The molecule has 8 nitrogen and oxygen atoms in total. The summed E-state index contributed by atoms with van der Waals surface area (Å²) in [5, 5.41) is 2.78. The van der Waals surface area contributed by atoms with E-state index in [9.17, 15) is 9.59 Å². The largest absolute Gasteiger partial charge is 0.496 e. The highest BCUT2D eigenvalue weighted by molar-refractivity contribution is 9.10. The molecule has 0 atom stereocenters. The van der Waals surface area contributed by atoms with E-state index in [4.69, 9.17) is 9.47 Å². The van der Waals surface area contributed by atoms with E-state index in [-0.39, 0.29) is 11.8 Å². The molecule has 3 heterocycles. The van der Waals surface area contributed by atoms with Crippen molar-refractivity contribution < 1.29 is 19.1 Å². The van der Waals surface area contributed by atoms with Crippen molar-refractivity contribution in [3.63, 3.8) is 0 Å². The number of nitrogens with zero attached hydrogens (tertiary/aromatic N) is 3. The van der Waals surface area contributed by atoms with Gasteiger partial charge in [-0.1, -0.05) is 0 Å². The second kappa shape index (κ2) is 10.7. The Morgan fingerprint density at radius 1 is 1.30 bits per heavy atom. The summed E-state index contributed by atoms with van der Waals surface area (Å²) in [5.74, 6) is 0.895. The number of rotatable bonds is 6. The van der Waals surface area contributed by atoms with Crippen molar-refractivity contribution in [3.8, 4) is 5.75 Å². The van der Waals surface area contributed by atoms with Gasteiger partial charge < -0.3 is 14.8 Å². The highest BCUT2D eigenvalue weighted by Gasteiger charge is 2.29. The Kier molecular flexibility index (Phi) is 7.51. The minimum atomic E-state index is -0.333. The van der Waals surface area contributed by atoms with Gasteiger partial charge in [0.25, 0.3) is 5.91 Å². The van der Waals surface area contributed by atoms with Gasteiger partial charge in [-0.25, -0.2) is 4.98 Å². The number of methoxy groups -OCH3 is 1. The van der Waals surface area contributed by atoms with Crippen LogP contribution in [0.1, 0.15) is 28.8 Å². The minimum Gasteiger partial charge on any atom is -0.496 e. The number of hydrogen-bond donors (Lipinski definition) is 1. The Hall–Kier alpha value is -3.04. The molecule has 0 radical (unpaired) electrons. The molecule has 2 aliphatic rings. The van der Waals surface area contributed by atoms with E-state index in [0.717, 1.165) is 42.5 Å². The topological polar surface area (TPSA) is 93.1 Å². The van der Waals surface area contributed by atoms with Crippen LogP contribution in [0.4, 0.5) is 11.5 Å². The summed E-state index contributed by atoms with van der Waals surface area (Å²) in [4.78, 5) is 35.9. The zero-order valence-corrected chi connectivity index (χ0v) is 19.9. The summed E-state index contributed by atoms with van der Waals surface area (Å²) in [6, 6.07) is 6.96. The number of pyridine rings is 1. The maximum atomic E-state index is 13.3. The second-order valence-corrected chi connectivity index (χ2v) is 8.73. The van der Waals surface area contributed by atoms with Crippen LogP contribution in [-0.2, 0) is 16.0 Å². The van der Waals surface area contributed by atoms with Crippen LogP contribution in [0, 0.1) is 5.92 Å². The molecule has 33 heavy (non-hydrogen) atoms. The smallest absolute Gasteiger partial charge is 0.263 e. The van der Waals surface area contributed by atoms with Crippen LogP contribution in [0.5, 0.6) is 5.75 Å². The lowest BCUT2D eigenvalue weighted by molar-refractivity contribution is -0.111. The molecular formula is C24H25BrN4O4. The fraction of sp³-hybridized carbons (Fsp3) is 0.333. The first kappa shape index (κ1) is 23.1. The summed E-state index contributed by atoms with van der Waals surface area (Å²) >= 11 is 3.42. The number of aliphatic imine (C=N–C) groups is 1. The molecule has 1 fully saturated rings. The van der Waals surface area contributed by atoms with Crippen LogP contribution >= 0.6 is 15.9 Å². The maximum absolute atomic E-state index is 13.3. The fourth-order valence-electron chi connectivity index (χ4n) is 3.87. The number of anilines is 2. The molecule has 172 valence electrons. The average Bonchev–Trinajstić information content (AvgIpc) is 3.25. The van der Waals surface area contributed by atoms with Crippen LogP contribution in [-0.4, -0.2) is 49.9 Å². The number of aromatic nitrogens is 1. The van der Waals surface area contributed by atoms with Gasteiger partial charge in [0.15, 0.2) is 0 Å². The number of carbonyl (C=O) groups is 2. The SMILES string of the molecule is COc1ccc(NC(=O)/C=C/N=C/C2CCOCC2)cc1C(=O)N1CCc2cc(Br)cnc21. The van der Waals surface area contributed by atoms with E-state index in [1.807, 2.05) is 12.3 Å². The Labute approximate surface area is 200 Å². The number of hydrogen-bond acceptors (Lipinski definition) is 6. The zero-order valence-electron chi connectivity index (χ0n) is 18.3. The van der Waals surface area contributed by atoms with Crippen molar-refractivity contribution in [2.75, 3.05) is 37.1 Å². The number of benzene rings is 1. The molecule has 2 aliphatic heterocycles. The summed E-state index contributed by atoms with van der Waals surface area (Å²) in [5.41, 5.74) is 1.85. The van der Waals surface area contributed by atoms with E-state index in [0.29, 0.717) is 35.3 Å². The third-order valence-corrected chi connectivity index (χ3v) is 6.02. The lowest BCUT2D eigenvalue weighted by Gasteiger charge is -2.18. The molecule has 2 aromatic rings. The van der Waals surface area contributed by atoms with Gasteiger partial charge in [0.2, 0.25) is 5.91 Å². The Morgan fingerprint density at radius 3 is 2.91 bits per heavy atom. The third kappa shape index (κ3) is 5.66. The van der Waals surface area contributed by atoms with E-state index >= 15 is 0 Å². The third-order valence-electron chi connectivity index (χ3n) is 5.59. The van der Waals surface area contributed by atoms with Gasteiger partial charge >= 0.3 is 0 Å². The van der Waals surface area contributed by atoms with Crippen LogP contribution in [0.15, 0.2) is 52.2 Å². The van der Waals surface area contributed by atoms with E-state index in [1.54, 1.807) is 29.3 Å². The minimum absolute atomic E-state index is 0.229. The Morgan fingerprint density at radius 2 is 2.12 bits per heavy atom. The van der Waals surface area contributed by atoms with E-state index < -0.39 is 0 Å². The van der Waals surface area contributed by atoms with Crippen LogP contribution in [0.3, 0.4) is 0 Å². The molecule has 4 rings (SSSR count). The van der Waals surface area contributed by atoms with Crippen molar-refractivity contribution in [2.24, 2.45) is 10.9 Å². The van der Waals surface area contributed by atoms with Crippen LogP contribution < -0.4 is 15.0 Å². The second-order valence-electron chi connectivity index (χ2n) is 7.81. The van der Waals surface area contributed by atoms with Crippen molar-refractivity contribution in [2.45, 2.75) is 19.3 Å². The maximum Gasteiger partial charge on any atom is 0.263 e. The Balaban J connectivity index is 1.44. The molecule has 0 aliphatic carbocycles. The summed E-state index contributed by atoms with van der Waals surface area (Å²) < 4.78 is 11.6. The van der Waals surface area contributed by atoms with Gasteiger partial charge in [-0.05, 0) is 70.9 Å². The van der Waals surface area contributed by atoms with E-state index in [1.165, 1.54) is 19.4 Å². The predicted molar refractivity (Wildman–Crippen MR) is 130 cm³/mol. The number of ether oxygens (including phenoxy) is 2. The number of nitrogens with one attached hydrogen (secondary N) is 1. The van der Waals surface area contributed by atoms with Gasteiger partial charge in [-0.2, -0.15) is 0 Å². The zero-order chi connectivity index (χ0) is 23.2. The molecule has 0 unspecified atom stereocenters. The summed E-state index contributed by atoms with van der Waals surface area (Å²) in [6.45, 7) is 2.03. The highest BCUT2D eigenvalue weighted by atomic mass is 79.9. The molecule has 1 N–H and O–H groups in total. The molecule has 0 spiro atoms. The fourth-order valence-corrected chi connectivity index (χ4v) is 4.24. The molecule has 0 bridgehead atoms. The summed E-state index contributed by atoms with van der Waals surface area (Å²) in [7, 11) is 1.51. The first-order valence-corrected chi connectivity index (χ1v) is 11.6. The Bertz CT molecular complexity index is 1100. The molecule has 2 amide bonds. The molecule has 1 aromatic carbocycles. The molecule has 0 saturated carbocycles. The molecule has 1 aromatic heterocycles. The highest BCUT2D eigenvalue weighted by Crippen LogP contribution is 2.32. The molecular weight excluding hydrogens is 488 g/mol. The lowest BCUT2D eigenvalue weighted by atomic mass is 10.0. The van der Waals surface area contributed by atoms with Crippen molar-refractivity contribution in [3.05, 3.63) is 58.3 Å². The molecule has 9 heteroatoms. The summed E-state index contributed by atoms with van der Waals surface area (Å²) in [6.07, 6.45) is 8.99. The van der Waals surface area contributed by atoms with Gasteiger partial charge in [0, 0.05) is 54.6 Å². The van der Waals surface area contributed by atoms with Crippen molar-refractivity contribution >= 4 is 45.5 Å². The number of carbonyl (C=O) groups excluding carboxylic acids is 2. The van der Waals surface area contributed by atoms with Gasteiger partial charge in [-0.3, -0.25) is 19.5 Å². The monoisotopic (exact) mass is 512 g/mol. The average molecular weight is 513 g/mol. The predicted octanol–water partition coefficient (Wildman–Crippen LogP) is 4.01. The van der Waals surface area contributed by atoms with Crippen molar-refractivity contribution in [1.82, 2.24) is 4.98 Å². The number of amides is 2. The number of fused-ring (bicyclic) bond motifs is 1. The first-order valence-electron chi connectivity index (χ1n) is 10.8. The lowest BCUT2D eigenvalue weighted by Crippen LogP contribution is -2.30. The standard InChI is InChI=1S/C24H25BrN4O4/c1-32-21-3-2-19(28-22(30)4-8-26-14-16-6-10-33-11-7-16)13-20(21)24(31)29-9-5-17-12-18(25)15-27-23(17)29/h2-4,8,12-16H,5-7,9-11H2,1H3,(H,28,30)/b8-4+,26-14+. The normalized spacial score (nSPS) is 16.4. The number of halogens is 1. The van der Waals surface area contributed by atoms with Crippen LogP contribution in [0.2, 0.25) is 0 Å². The van der Waals surface area contributed by atoms with E-state index in [2.05, 4.69) is 31.2 Å². The van der Waals surface area contributed by atoms with Gasteiger partial charge in [-0.15, -0.1) is 0 Å². The molecule has 1 saturated heterocycles. The van der Waals surface area contributed by atoms with Gasteiger partial charge in [0.1, 0.15) is 11.6 Å². The van der Waals surface area contributed by atoms with Gasteiger partial charge in [0.05, 0.1) is 12.7 Å². The van der Waals surface area contributed by atoms with Crippen molar-refractivity contribution in [1.29, 1.82) is 0 Å². The van der Waals surface area contributed by atoms with Crippen LogP contribution in [0.25, 0.3) is 0 Å². The first-order chi connectivity index (χ1) is 16.0. The quantitative estimate of drug-likeness (QED) is 0.466.